The average Bonchev–Trinajstić information content (AvgIpc) is 3.17. The molecule has 0 radical (unpaired) electrons. The molecule has 0 aliphatic rings. The lowest BCUT2D eigenvalue weighted by atomic mass is 9.92. The fraction of sp³-hybridized carbons (Fsp3) is 0.455. The molecular weight excluding hydrogens is 661 g/mol. The van der Waals surface area contributed by atoms with E-state index in [1.165, 1.54) is 111 Å². The number of aryl methyl sites for hydroxylation is 11. The minimum Gasteiger partial charge on any atom is -0.0617 e. The van der Waals surface area contributed by atoms with Crippen LogP contribution in [0.2, 0.25) is 0 Å². The Morgan fingerprint density at radius 1 is 0.255 bits per heavy atom. The van der Waals surface area contributed by atoms with Crippen molar-refractivity contribution in [2.75, 3.05) is 0 Å². The van der Waals surface area contributed by atoms with Crippen molar-refractivity contribution in [3.05, 3.63) is 172 Å². The molecule has 0 aliphatic heterocycles. The predicted molar refractivity (Wildman–Crippen MR) is 250 cm³/mol. The molecule has 0 heterocycles. The maximum atomic E-state index is 2.37. The van der Waals surface area contributed by atoms with Crippen molar-refractivity contribution in [1.82, 2.24) is 0 Å². The second-order valence-electron chi connectivity index (χ2n) is 15.8. The zero-order valence-corrected chi connectivity index (χ0v) is 39.3. The average molecular weight is 741 g/mol. The van der Waals surface area contributed by atoms with Crippen LogP contribution < -0.4 is 0 Å². The van der Waals surface area contributed by atoms with Gasteiger partial charge in [0.05, 0.1) is 0 Å². The Balaban J connectivity index is 0.000000345. The molecule has 0 aliphatic carbocycles. The molecule has 55 heavy (non-hydrogen) atoms. The Morgan fingerprint density at radius 3 is 0.873 bits per heavy atom. The van der Waals surface area contributed by atoms with Gasteiger partial charge in [-0.05, 0) is 247 Å². The third-order valence-electron chi connectivity index (χ3n) is 12.6. The summed E-state index contributed by atoms with van der Waals surface area (Å²) in [6.45, 7) is 43.9. The minimum absolute atomic E-state index is 1.14. The lowest BCUT2D eigenvalue weighted by Crippen LogP contribution is -1.98. The second-order valence-corrected chi connectivity index (χ2v) is 15.8. The summed E-state index contributed by atoms with van der Waals surface area (Å²) in [6.07, 6.45) is 5.74. The quantitative estimate of drug-likeness (QED) is 0.168. The predicted octanol–water partition coefficient (Wildman–Crippen LogP) is 15.9. The molecule has 5 aromatic carbocycles. The van der Waals surface area contributed by atoms with Gasteiger partial charge in [0.2, 0.25) is 0 Å². The number of hydrogen-bond donors (Lipinski definition) is 0. The van der Waals surface area contributed by atoms with Crippen LogP contribution in [0.1, 0.15) is 146 Å². The highest BCUT2D eigenvalue weighted by Crippen LogP contribution is 2.23. The topological polar surface area (TPSA) is 0 Å². The van der Waals surface area contributed by atoms with Gasteiger partial charge in [-0.25, -0.2) is 0 Å². The van der Waals surface area contributed by atoms with Gasteiger partial charge in [0.25, 0.3) is 0 Å². The highest BCUT2D eigenvalue weighted by atomic mass is 14.1. The van der Waals surface area contributed by atoms with Gasteiger partial charge in [-0.2, -0.15) is 0 Å². The molecule has 0 atom stereocenters. The molecule has 0 N–H and O–H groups in total. The largest absolute Gasteiger partial charge is 0.0617 e. The molecule has 5 rings (SSSR count). The Labute approximate surface area is 341 Å². The van der Waals surface area contributed by atoms with E-state index < -0.39 is 0 Å². The zero-order valence-electron chi connectivity index (χ0n) is 39.3. The summed E-state index contributed by atoms with van der Waals surface area (Å²) in [7, 11) is 0. The Hall–Kier alpha value is -3.90. The van der Waals surface area contributed by atoms with Crippen molar-refractivity contribution < 1.29 is 0 Å². The van der Waals surface area contributed by atoms with Crippen LogP contribution in [-0.2, 0) is 32.1 Å². The fourth-order valence-corrected chi connectivity index (χ4v) is 6.94. The van der Waals surface area contributed by atoms with Crippen LogP contribution in [0.25, 0.3) is 0 Å². The molecule has 0 spiro atoms. The van der Waals surface area contributed by atoms with Gasteiger partial charge < -0.3 is 0 Å². The van der Waals surface area contributed by atoms with Crippen LogP contribution in [0.3, 0.4) is 0 Å². The molecule has 0 bridgehead atoms. The standard InChI is InChI=1S/C13H20.3C11H16.C9H12/c1-6-12-8-13(7-2)11(5)9(3)10(12)4;1-5-11-6-8(2)10(4)9(3)7-11;2*1-5-11-7-6-8(2)9(3)10(11)4;1-7-5-4-6-8(2)9(7)3/h8H,6-7H2,1-5H3;3*6-7H,5H2,1-4H3;4-6H,1-3H3. The van der Waals surface area contributed by atoms with Gasteiger partial charge in [-0.3, -0.25) is 0 Å². The van der Waals surface area contributed by atoms with Gasteiger partial charge >= 0.3 is 0 Å². The van der Waals surface area contributed by atoms with Crippen molar-refractivity contribution in [3.8, 4) is 0 Å². The molecule has 0 saturated carbocycles. The summed E-state index contributed by atoms with van der Waals surface area (Å²) >= 11 is 0. The smallest absolute Gasteiger partial charge is 0.0305 e. The zero-order chi connectivity index (χ0) is 42.2. The van der Waals surface area contributed by atoms with Crippen LogP contribution in [0, 0.1) is 104 Å². The summed E-state index contributed by atoms with van der Waals surface area (Å²) in [4.78, 5) is 0. The first-order chi connectivity index (χ1) is 25.8. The number of hydrogen-bond acceptors (Lipinski definition) is 0. The highest BCUT2D eigenvalue weighted by molar-refractivity contribution is 5.44. The minimum atomic E-state index is 1.14. The van der Waals surface area contributed by atoms with Gasteiger partial charge in [-0.1, -0.05) is 95.3 Å². The normalized spacial score (nSPS) is 10.2. The van der Waals surface area contributed by atoms with Gasteiger partial charge in [-0.15, -0.1) is 0 Å². The first-order valence-electron chi connectivity index (χ1n) is 21.1. The van der Waals surface area contributed by atoms with Gasteiger partial charge in [0.15, 0.2) is 0 Å². The van der Waals surface area contributed by atoms with E-state index in [1.54, 1.807) is 0 Å². The van der Waals surface area contributed by atoms with Crippen LogP contribution >= 0.6 is 0 Å². The highest BCUT2D eigenvalue weighted by Gasteiger charge is 2.07. The maximum Gasteiger partial charge on any atom is -0.0305 e. The van der Waals surface area contributed by atoms with Gasteiger partial charge in [0.1, 0.15) is 0 Å². The first-order valence-corrected chi connectivity index (χ1v) is 21.1. The summed E-state index contributed by atoms with van der Waals surface area (Å²) in [6, 6.07) is 22.2. The van der Waals surface area contributed by atoms with Crippen molar-refractivity contribution in [2.24, 2.45) is 0 Å². The Morgan fingerprint density at radius 2 is 0.564 bits per heavy atom. The summed E-state index contributed by atoms with van der Waals surface area (Å²) in [5.41, 5.74) is 29.0. The van der Waals surface area contributed by atoms with Crippen molar-refractivity contribution in [2.45, 2.75) is 171 Å². The molecule has 300 valence electrons. The van der Waals surface area contributed by atoms with E-state index in [0.29, 0.717) is 0 Å². The van der Waals surface area contributed by atoms with E-state index in [1.807, 2.05) is 0 Å². The molecular formula is C55H80. The van der Waals surface area contributed by atoms with E-state index >= 15 is 0 Å². The van der Waals surface area contributed by atoms with E-state index in [2.05, 4.69) is 199 Å². The number of benzene rings is 5. The maximum absolute atomic E-state index is 2.37. The second kappa shape index (κ2) is 23.9. The molecule has 0 heteroatoms. The van der Waals surface area contributed by atoms with Crippen LogP contribution in [0.5, 0.6) is 0 Å². The summed E-state index contributed by atoms with van der Waals surface area (Å²) in [5.74, 6) is 0. The SMILES string of the molecule is CCc1cc(C)c(C)c(C)c1.CCc1cc(CC)c(C)c(C)c1C.CCc1ccc(C)c(C)c1C.CCc1ccc(C)c(C)c1C.Cc1cccc(C)c1C. The molecule has 0 saturated heterocycles. The van der Waals surface area contributed by atoms with Crippen molar-refractivity contribution >= 4 is 0 Å². The van der Waals surface area contributed by atoms with E-state index in [-0.39, 0.29) is 0 Å². The van der Waals surface area contributed by atoms with Crippen LogP contribution in [-0.4, -0.2) is 0 Å². The summed E-state index contributed by atoms with van der Waals surface area (Å²) < 4.78 is 0. The molecule has 0 nitrogen and oxygen atoms in total. The molecule has 0 aromatic heterocycles. The lowest BCUT2D eigenvalue weighted by Gasteiger charge is -2.14. The number of rotatable bonds is 5. The molecule has 0 amide bonds. The monoisotopic (exact) mass is 741 g/mol. The van der Waals surface area contributed by atoms with E-state index in [4.69, 9.17) is 0 Å². The van der Waals surface area contributed by atoms with E-state index in [0.717, 1.165) is 32.1 Å². The van der Waals surface area contributed by atoms with E-state index in [9.17, 15) is 0 Å². The fourth-order valence-electron chi connectivity index (χ4n) is 6.94. The molecule has 0 fully saturated rings. The Kier molecular flexibility index (Phi) is 21.3. The molecule has 0 unspecified atom stereocenters. The first kappa shape index (κ1) is 49.1. The lowest BCUT2D eigenvalue weighted by molar-refractivity contribution is 1.03. The van der Waals surface area contributed by atoms with Crippen molar-refractivity contribution in [1.29, 1.82) is 0 Å². The van der Waals surface area contributed by atoms with Gasteiger partial charge in [0, 0.05) is 0 Å². The van der Waals surface area contributed by atoms with Crippen LogP contribution in [0.4, 0.5) is 0 Å². The third-order valence-corrected chi connectivity index (χ3v) is 12.6. The Bertz CT molecular complexity index is 1830. The third kappa shape index (κ3) is 14.3. The van der Waals surface area contributed by atoms with Crippen LogP contribution in [0.15, 0.2) is 60.7 Å². The summed E-state index contributed by atoms with van der Waals surface area (Å²) in [5, 5.41) is 0. The molecule has 5 aromatic rings. The van der Waals surface area contributed by atoms with Crippen molar-refractivity contribution in [3.63, 3.8) is 0 Å².